The van der Waals surface area contributed by atoms with E-state index in [0.717, 1.165) is 0 Å². The molecule has 24 heavy (non-hydrogen) atoms. The van der Waals surface area contributed by atoms with Crippen molar-refractivity contribution < 1.29 is 19.2 Å². The van der Waals surface area contributed by atoms with Crippen LogP contribution in [0.3, 0.4) is 0 Å². The van der Waals surface area contributed by atoms with Crippen LogP contribution < -0.4 is 4.74 Å². The van der Waals surface area contributed by atoms with Crippen molar-refractivity contribution in [2.24, 2.45) is 11.1 Å². The molecule has 1 aromatic carbocycles. The van der Waals surface area contributed by atoms with Gasteiger partial charge in [0.15, 0.2) is 5.78 Å². The predicted molar refractivity (Wildman–Crippen MR) is 95.2 cm³/mol. The van der Waals surface area contributed by atoms with E-state index in [1.165, 1.54) is 6.08 Å². The number of hydrogen-bond donors (Lipinski definition) is 0. The number of oxime groups is 1. The van der Waals surface area contributed by atoms with Crippen LogP contribution in [0, 0.1) is 5.92 Å². The summed E-state index contributed by atoms with van der Waals surface area (Å²) in [5, 5.41) is 3.90. The van der Waals surface area contributed by atoms with Crippen molar-refractivity contribution in [3.63, 3.8) is 0 Å². The minimum Gasteiger partial charge on any atom is -0.496 e. The Morgan fingerprint density at radius 3 is 2.54 bits per heavy atom. The molecule has 1 aromatic rings. The van der Waals surface area contributed by atoms with Crippen molar-refractivity contribution in [3.8, 4) is 5.75 Å². The normalized spacial score (nSPS) is 16.1. The summed E-state index contributed by atoms with van der Waals surface area (Å²) in [7, 11) is 1.54. The molecule has 0 unspecified atom stereocenters. The number of rotatable bonds is 4. The molecule has 0 radical (unpaired) electrons. The molecule has 0 aromatic heterocycles. The van der Waals surface area contributed by atoms with Crippen LogP contribution in [0.5, 0.6) is 5.75 Å². The van der Waals surface area contributed by atoms with E-state index in [9.17, 15) is 9.59 Å². The van der Waals surface area contributed by atoms with Gasteiger partial charge in [-0.05, 0) is 64.7 Å². The third-order valence-corrected chi connectivity index (χ3v) is 4.18. The zero-order valence-electron chi connectivity index (χ0n) is 13.9. The maximum Gasteiger partial charge on any atom is 0.365 e. The smallest absolute Gasteiger partial charge is 0.365 e. The molecule has 0 N–H and O–H groups in total. The highest BCUT2D eigenvalue weighted by molar-refractivity contribution is 9.10. The van der Waals surface area contributed by atoms with Gasteiger partial charge in [0.05, 0.1) is 17.1 Å². The second kappa shape index (κ2) is 7.57. The number of allylic oxidation sites excluding steroid dienone is 4. The van der Waals surface area contributed by atoms with Crippen LogP contribution in [-0.4, -0.2) is 24.6 Å². The first-order valence-corrected chi connectivity index (χ1v) is 8.20. The van der Waals surface area contributed by atoms with E-state index in [1.807, 2.05) is 13.8 Å². The number of hydrogen-bond acceptors (Lipinski definition) is 5. The Morgan fingerprint density at radius 2 is 1.96 bits per heavy atom. The van der Waals surface area contributed by atoms with Crippen LogP contribution in [-0.2, 0) is 9.63 Å². The van der Waals surface area contributed by atoms with E-state index in [4.69, 9.17) is 9.57 Å². The minimum absolute atomic E-state index is 0.0353. The first-order valence-electron chi connectivity index (χ1n) is 7.41. The molecule has 6 heteroatoms. The quantitative estimate of drug-likeness (QED) is 0.440. The monoisotopic (exact) mass is 391 g/mol. The molecule has 1 aliphatic carbocycles. The Hall–Kier alpha value is -2.21. The number of benzene rings is 1. The lowest BCUT2D eigenvalue weighted by Gasteiger charge is -2.14. The number of carbonyl (C=O) groups is 2. The highest BCUT2D eigenvalue weighted by atomic mass is 79.9. The molecule has 0 bridgehead atoms. The van der Waals surface area contributed by atoms with Crippen LogP contribution in [0.4, 0.5) is 0 Å². The van der Waals surface area contributed by atoms with E-state index in [0.29, 0.717) is 32.6 Å². The summed E-state index contributed by atoms with van der Waals surface area (Å²) < 4.78 is 5.77. The molecule has 0 amide bonds. The number of ketones is 1. The summed E-state index contributed by atoms with van der Waals surface area (Å²) in [6, 6.07) is 4.85. The van der Waals surface area contributed by atoms with Crippen molar-refractivity contribution in [2.75, 3.05) is 7.11 Å². The average molecular weight is 392 g/mol. The fraction of sp³-hybridized carbons (Fsp3) is 0.278. The lowest BCUT2D eigenvalue weighted by atomic mass is 9.90. The Kier molecular flexibility index (Phi) is 5.72. The van der Waals surface area contributed by atoms with Gasteiger partial charge in [0, 0.05) is 5.57 Å². The van der Waals surface area contributed by atoms with Crippen molar-refractivity contribution >= 4 is 33.4 Å². The fourth-order valence-electron chi connectivity index (χ4n) is 2.17. The zero-order chi connectivity index (χ0) is 17.9. The largest absolute Gasteiger partial charge is 0.496 e. The van der Waals surface area contributed by atoms with E-state index < -0.39 is 5.97 Å². The van der Waals surface area contributed by atoms with Gasteiger partial charge in [-0.25, -0.2) is 4.79 Å². The molecule has 2 rings (SSSR count). The van der Waals surface area contributed by atoms with Gasteiger partial charge < -0.3 is 9.57 Å². The Balaban J connectivity index is 2.20. The third kappa shape index (κ3) is 4.00. The van der Waals surface area contributed by atoms with E-state index in [2.05, 4.69) is 21.1 Å². The van der Waals surface area contributed by atoms with Crippen LogP contribution in [0.1, 0.15) is 31.1 Å². The maximum atomic E-state index is 12.1. The molecule has 0 atom stereocenters. The first kappa shape index (κ1) is 18.1. The summed E-state index contributed by atoms with van der Waals surface area (Å²) >= 11 is 3.32. The van der Waals surface area contributed by atoms with Crippen molar-refractivity contribution in [2.45, 2.75) is 20.8 Å². The molecule has 0 aliphatic heterocycles. The standard InChI is InChI=1S/C18H18BrNO4/c1-10(2)13-9-15(11(3)7-16(13)21)20-24-18(22)12-5-6-17(23-4)14(19)8-12/h5-10H,1-4H3. The van der Waals surface area contributed by atoms with Gasteiger partial charge in [0.1, 0.15) is 11.5 Å². The molecule has 0 fully saturated rings. The molecule has 0 spiro atoms. The van der Waals surface area contributed by atoms with Gasteiger partial charge in [-0.15, -0.1) is 0 Å². The van der Waals surface area contributed by atoms with Crippen molar-refractivity contribution in [1.29, 1.82) is 0 Å². The van der Waals surface area contributed by atoms with Crippen LogP contribution in [0.25, 0.3) is 0 Å². The molecule has 5 nitrogen and oxygen atoms in total. The van der Waals surface area contributed by atoms with Gasteiger partial charge in [-0.1, -0.05) is 19.0 Å². The second-order valence-corrected chi connectivity index (χ2v) is 6.50. The van der Waals surface area contributed by atoms with Gasteiger partial charge >= 0.3 is 5.97 Å². The second-order valence-electron chi connectivity index (χ2n) is 5.65. The van der Waals surface area contributed by atoms with E-state index in [1.54, 1.807) is 38.3 Å². The molecule has 0 saturated carbocycles. The topological polar surface area (TPSA) is 65.0 Å². The summed E-state index contributed by atoms with van der Waals surface area (Å²) in [5.41, 5.74) is 2.11. The Morgan fingerprint density at radius 1 is 1.25 bits per heavy atom. The predicted octanol–water partition coefficient (Wildman–Crippen LogP) is 4.08. The van der Waals surface area contributed by atoms with Crippen molar-refractivity contribution in [1.82, 2.24) is 0 Å². The fourth-order valence-corrected chi connectivity index (χ4v) is 2.71. The van der Waals surface area contributed by atoms with Gasteiger partial charge in [-0.3, -0.25) is 4.79 Å². The first-order chi connectivity index (χ1) is 11.3. The summed E-state index contributed by atoms with van der Waals surface area (Å²) in [6.45, 7) is 5.61. The Labute approximate surface area is 149 Å². The zero-order valence-corrected chi connectivity index (χ0v) is 15.5. The minimum atomic E-state index is -0.588. The third-order valence-electron chi connectivity index (χ3n) is 3.56. The molecule has 0 saturated heterocycles. The maximum absolute atomic E-state index is 12.1. The lowest BCUT2D eigenvalue weighted by Crippen LogP contribution is -2.16. The Bertz CT molecular complexity index is 775. The lowest BCUT2D eigenvalue weighted by molar-refractivity contribution is -0.111. The summed E-state index contributed by atoms with van der Waals surface area (Å²) in [5.74, 6) is 0.0640. The number of ether oxygens (including phenoxy) is 1. The average Bonchev–Trinajstić information content (AvgIpc) is 2.53. The van der Waals surface area contributed by atoms with Crippen LogP contribution >= 0.6 is 15.9 Å². The summed E-state index contributed by atoms with van der Waals surface area (Å²) in [6.07, 6.45) is 3.17. The van der Waals surface area contributed by atoms with Gasteiger partial charge in [0.2, 0.25) is 0 Å². The van der Waals surface area contributed by atoms with Crippen LogP contribution in [0.2, 0.25) is 0 Å². The van der Waals surface area contributed by atoms with Crippen LogP contribution in [0.15, 0.2) is 51.1 Å². The molecule has 126 valence electrons. The van der Waals surface area contributed by atoms with E-state index >= 15 is 0 Å². The highest BCUT2D eigenvalue weighted by Crippen LogP contribution is 2.26. The SMILES string of the molecule is COc1ccc(C(=O)ON=C2C=C(C(C)C)C(=O)C=C2C)cc1Br. The molecular weight excluding hydrogens is 374 g/mol. The summed E-state index contributed by atoms with van der Waals surface area (Å²) in [4.78, 5) is 29.1. The van der Waals surface area contributed by atoms with Crippen molar-refractivity contribution in [3.05, 3.63) is 51.5 Å². The number of nitrogens with zero attached hydrogens (tertiary/aromatic N) is 1. The van der Waals surface area contributed by atoms with Gasteiger partial charge in [-0.2, -0.15) is 0 Å². The highest BCUT2D eigenvalue weighted by Gasteiger charge is 2.19. The molecule has 0 heterocycles. The van der Waals surface area contributed by atoms with Gasteiger partial charge in [0.25, 0.3) is 0 Å². The number of carbonyl (C=O) groups excluding carboxylic acids is 2. The number of methoxy groups -OCH3 is 1. The molecule has 1 aliphatic rings. The van der Waals surface area contributed by atoms with E-state index in [-0.39, 0.29) is 11.7 Å². The molecular formula is C18H18BrNO4. The number of halogens is 1.